The summed E-state index contributed by atoms with van der Waals surface area (Å²) in [5, 5.41) is 27.8. The van der Waals surface area contributed by atoms with Gasteiger partial charge in [-0.25, -0.2) is 4.79 Å². The van der Waals surface area contributed by atoms with Crippen LogP contribution in [-0.4, -0.2) is 52.9 Å². The largest absolute Gasteiger partial charge is 0.390 e. The van der Waals surface area contributed by atoms with Gasteiger partial charge in [0, 0.05) is 30.6 Å². The second-order valence-corrected chi connectivity index (χ2v) is 6.42. The van der Waals surface area contributed by atoms with Crippen molar-refractivity contribution in [2.75, 3.05) is 11.9 Å². The zero-order valence-corrected chi connectivity index (χ0v) is 14.9. The number of aryl methyl sites for hydroxylation is 1. The van der Waals surface area contributed by atoms with Crippen LogP contribution in [-0.2, 0) is 9.59 Å². The number of carbonyl (C=O) groups is 3. The van der Waals surface area contributed by atoms with E-state index in [-0.39, 0.29) is 25.0 Å². The number of benzene rings is 1. The second-order valence-electron chi connectivity index (χ2n) is 6.42. The van der Waals surface area contributed by atoms with Gasteiger partial charge in [0.2, 0.25) is 11.8 Å². The third kappa shape index (κ3) is 6.08. The lowest BCUT2D eigenvalue weighted by Gasteiger charge is -2.31. The Labute approximate surface area is 156 Å². The number of hydrogen-bond acceptors (Lipinski definition) is 5. The number of aliphatic hydroxyl groups is 2. The van der Waals surface area contributed by atoms with Crippen LogP contribution >= 0.6 is 0 Å². The molecular formula is C18H24N4O5. The van der Waals surface area contributed by atoms with Gasteiger partial charge in [0.25, 0.3) is 0 Å². The SMILES string of the molecule is Cc1ccc(NC(=O)N[C@H]2C=C(C(=O)NCCC(N)=O)C[C@@H](O)[C@@H]2O)cc1. The van der Waals surface area contributed by atoms with Crippen LogP contribution in [0.25, 0.3) is 0 Å². The average Bonchev–Trinajstić information content (AvgIpc) is 2.60. The Balaban J connectivity index is 1.99. The summed E-state index contributed by atoms with van der Waals surface area (Å²) in [6, 6.07) is 5.60. The van der Waals surface area contributed by atoms with Gasteiger partial charge >= 0.3 is 6.03 Å². The van der Waals surface area contributed by atoms with Crippen molar-refractivity contribution in [3.8, 4) is 0 Å². The fraction of sp³-hybridized carbons (Fsp3) is 0.389. The van der Waals surface area contributed by atoms with Crippen molar-refractivity contribution in [3.63, 3.8) is 0 Å². The quantitative estimate of drug-likeness (QED) is 0.396. The molecule has 0 bridgehead atoms. The van der Waals surface area contributed by atoms with Crippen LogP contribution in [0.2, 0.25) is 0 Å². The Bertz CT molecular complexity index is 732. The highest BCUT2D eigenvalue weighted by Crippen LogP contribution is 2.20. The summed E-state index contributed by atoms with van der Waals surface area (Å²) in [7, 11) is 0. The van der Waals surface area contributed by atoms with Crippen molar-refractivity contribution in [2.45, 2.75) is 38.0 Å². The maximum absolute atomic E-state index is 12.1. The highest BCUT2D eigenvalue weighted by Gasteiger charge is 2.33. The van der Waals surface area contributed by atoms with Crippen molar-refractivity contribution >= 4 is 23.5 Å². The summed E-state index contributed by atoms with van der Waals surface area (Å²) in [4.78, 5) is 35.0. The van der Waals surface area contributed by atoms with Crippen molar-refractivity contribution in [1.82, 2.24) is 10.6 Å². The van der Waals surface area contributed by atoms with Crippen LogP contribution in [0.1, 0.15) is 18.4 Å². The van der Waals surface area contributed by atoms with Gasteiger partial charge in [-0.05, 0) is 19.1 Å². The molecule has 0 heterocycles. The van der Waals surface area contributed by atoms with Gasteiger partial charge in [0.1, 0.15) is 6.10 Å². The van der Waals surface area contributed by atoms with Gasteiger partial charge in [-0.15, -0.1) is 0 Å². The van der Waals surface area contributed by atoms with E-state index in [0.29, 0.717) is 5.69 Å². The first-order valence-electron chi connectivity index (χ1n) is 8.54. The summed E-state index contributed by atoms with van der Waals surface area (Å²) < 4.78 is 0. The number of carbonyl (C=O) groups excluding carboxylic acids is 3. The van der Waals surface area contributed by atoms with Crippen LogP contribution in [0.3, 0.4) is 0 Å². The number of nitrogens with one attached hydrogen (secondary N) is 3. The molecule has 1 aliphatic carbocycles. The van der Waals surface area contributed by atoms with Crippen molar-refractivity contribution in [1.29, 1.82) is 0 Å². The molecule has 0 saturated heterocycles. The van der Waals surface area contributed by atoms with Crippen molar-refractivity contribution < 1.29 is 24.6 Å². The molecule has 0 fully saturated rings. The van der Waals surface area contributed by atoms with Crippen molar-refractivity contribution in [2.24, 2.45) is 5.73 Å². The van der Waals surface area contributed by atoms with E-state index in [2.05, 4.69) is 16.0 Å². The second kappa shape index (κ2) is 9.15. The monoisotopic (exact) mass is 376 g/mol. The van der Waals surface area contributed by atoms with E-state index >= 15 is 0 Å². The molecule has 0 aromatic heterocycles. The van der Waals surface area contributed by atoms with Crippen LogP contribution in [0, 0.1) is 6.92 Å². The van der Waals surface area contributed by atoms with E-state index in [1.807, 2.05) is 19.1 Å². The minimum absolute atomic E-state index is 0.00909. The van der Waals surface area contributed by atoms with E-state index in [1.165, 1.54) is 6.08 Å². The van der Waals surface area contributed by atoms with Crippen LogP contribution in [0.15, 0.2) is 35.9 Å². The number of anilines is 1. The Morgan fingerprint density at radius 2 is 1.85 bits per heavy atom. The molecule has 3 atom stereocenters. The van der Waals surface area contributed by atoms with E-state index in [1.54, 1.807) is 12.1 Å². The first-order chi connectivity index (χ1) is 12.8. The average molecular weight is 376 g/mol. The molecule has 0 saturated carbocycles. The molecule has 1 aromatic carbocycles. The van der Waals surface area contributed by atoms with E-state index in [4.69, 9.17) is 5.73 Å². The molecule has 0 spiro atoms. The highest BCUT2D eigenvalue weighted by molar-refractivity contribution is 5.94. The molecule has 27 heavy (non-hydrogen) atoms. The van der Waals surface area contributed by atoms with E-state index < -0.39 is 36.1 Å². The fourth-order valence-corrected chi connectivity index (χ4v) is 2.63. The summed E-state index contributed by atoms with van der Waals surface area (Å²) >= 11 is 0. The summed E-state index contributed by atoms with van der Waals surface area (Å²) in [5.41, 5.74) is 6.83. The molecule has 1 aliphatic rings. The number of primary amides is 1. The maximum Gasteiger partial charge on any atom is 0.319 e. The molecule has 0 aliphatic heterocycles. The molecule has 1 aromatic rings. The van der Waals surface area contributed by atoms with Gasteiger partial charge in [-0.2, -0.15) is 0 Å². The molecule has 0 radical (unpaired) electrons. The lowest BCUT2D eigenvalue weighted by Crippen LogP contribution is -2.52. The Morgan fingerprint density at radius 3 is 2.48 bits per heavy atom. The molecule has 7 N–H and O–H groups in total. The third-order valence-electron chi connectivity index (χ3n) is 4.13. The van der Waals surface area contributed by atoms with Gasteiger partial charge in [-0.3, -0.25) is 9.59 Å². The van der Waals surface area contributed by atoms with Crippen molar-refractivity contribution in [3.05, 3.63) is 41.5 Å². The molecular weight excluding hydrogens is 352 g/mol. The molecule has 4 amide bonds. The molecule has 0 unspecified atom stereocenters. The fourth-order valence-electron chi connectivity index (χ4n) is 2.63. The van der Waals surface area contributed by atoms with Crippen LogP contribution in [0.4, 0.5) is 10.5 Å². The third-order valence-corrected chi connectivity index (χ3v) is 4.13. The number of hydrogen-bond donors (Lipinski definition) is 6. The minimum Gasteiger partial charge on any atom is -0.390 e. The van der Waals surface area contributed by atoms with Gasteiger partial charge in [0.15, 0.2) is 0 Å². The number of nitrogens with two attached hydrogens (primary N) is 1. The van der Waals surface area contributed by atoms with Crippen LogP contribution < -0.4 is 21.7 Å². The normalized spacial score (nSPS) is 21.7. The number of rotatable bonds is 6. The summed E-state index contributed by atoms with van der Waals surface area (Å²) in [6.07, 6.45) is -1.15. The lowest BCUT2D eigenvalue weighted by atomic mass is 9.90. The first kappa shape index (κ1) is 20.4. The zero-order valence-electron chi connectivity index (χ0n) is 14.9. The number of urea groups is 1. The topological polar surface area (TPSA) is 154 Å². The number of aliphatic hydroxyl groups excluding tert-OH is 2. The first-order valence-corrected chi connectivity index (χ1v) is 8.54. The van der Waals surface area contributed by atoms with Gasteiger partial charge in [-0.1, -0.05) is 23.8 Å². The Morgan fingerprint density at radius 1 is 1.19 bits per heavy atom. The predicted octanol–water partition coefficient (Wildman–Crippen LogP) is -0.471. The van der Waals surface area contributed by atoms with E-state index in [9.17, 15) is 24.6 Å². The molecule has 2 rings (SSSR count). The minimum atomic E-state index is -1.25. The van der Waals surface area contributed by atoms with Gasteiger partial charge < -0.3 is 31.9 Å². The predicted molar refractivity (Wildman–Crippen MR) is 98.7 cm³/mol. The molecule has 9 heteroatoms. The Kier molecular flexibility index (Phi) is 6.91. The molecule has 146 valence electrons. The lowest BCUT2D eigenvalue weighted by molar-refractivity contribution is -0.119. The summed E-state index contributed by atoms with van der Waals surface area (Å²) in [6.45, 7) is 1.99. The highest BCUT2D eigenvalue weighted by atomic mass is 16.3. The van der Waals surface area contributed by atoms with Gasteiger partial charge in [0.05, 0.1) is 12.1 Å². The van der Waals surface area contributed by atoms with Crippen LogP contribution in [0.5, 0.6) is 0 Å². The van der Waals surface area contributed by atoms with E-state index in [0.717, 1.165) is 5.56 Å². The summed E-state index contributed by atoms with van der Waals surface area (Å²) in [5.74, 6) is -1.04. The number of amides is 4. The maximum atomic E-state index is 12.1. The zero-order chi connectivity index (χ0) is 20.0. The molecule has 9 nitrogen and oxygen atoms in total. The standard InChI is InChI=1S/C18H24N4O5/c1-10-2-4-12(5-3-10)21-18(27)22-13-8-11(9-14(23)16(13)25)17(26)20-7-6-15(19)24/h2-5,8,13-14,16,23,25H,6-7,9H2,1H3,(H2,19,24)(H,20,26)(H2,21,22,27)/t13-,14+,16+/m0/s1. The smallest absolute Gasteiger partial charge is 0.319 e. The Hall–Kier alpha value is -2.91.